The van der Waals surface area contributed by atoms with Crippen LogP contribution in [0.5, 0.6) is 0 Å². The van der Waals surface area contributed by atoms with Crippen molar-refractivity contribution in [3.8, 4) is 11.1 Å². The van der Waals surface area contributed by atoms with Crippen molar-refractivity contribution in [1.29, 1.82) is 0 Å². The van der Waals surface area contributed by atoms with E-state index in [1.54, 1.807) is 23.9 Å². The van der Waals surface area contributed by atoms with Crippen molar-refractivity contribution in [2.75, 3.05) is 5.32 Å². The first-order valence-corrected chi connectivity index (χ1v) is 9.03. The average molecular weight is 346 g/mol. The number of aryl methyl sites for hydroxylation is 2. The number of nitrogens with zero attached hydrogens (tertiary/aromatic N) is 3. The number of hydrogen-bond donors (Lipinski definition) is 1. The van der Waals surface area contributed by atoms with Crippen LogP contribution in [0.15, 0.2) is 54.4 Å². The molecule has 4 rings (SSSR count). The van der Waals surface area contributed by atoms with Crippen molar-refractivity contribution in [3.05, 3.63) is 71.1 Å². The number of aromatic nitrogens is 3. The fourth-order valence-corrected chi connectivity index (χ4v) is 3.92. The largest absolute Gasteiger partial charge is 0.365 e. The van der Waals surface area contributed by atoms with Crippen LogP contribution in [0.1, 0.15) is 16.7 Å². The van der Waals surface area contributed by atoms with Gasteiger partial charge in [0.15, 0.2) is 0 Å². The SMILES string of the molecule is Cc1ccc(-c2csc3ncnc(NCc4cccnc4)c23)c(C)c1. The molecule has 0 saturated heterocycles. The van der Waals surface area contributed by atoms with Crippen molar-refractivity contribution >= 4 is 27.4 Å². The van der Waals surface area contributed by atoms with E-state index in [9.17, 15) is 0 Å². The molecule has 124 valence electrons. The number of fused-ring (bicyclic) bond motifs is 1. The van der Waals surface area contributed by atoms with Crippen LogP contribution in [0.4, 0.5) is 5.82 Å². The number of nitrogens with one attached hydrogen (secondary N) is 1. The second-order valence-electron chi connectivity index (χ2n) is 6.09. The smallest absolute Gasteiger partial charge is 0.139 e. The molecular weight excluding hydrogens is 328 g/mol. The molecule has 4 nitrogen and oxygen atoms in total. The fraction of sp³-hybridized carbons (Fsp3) is 0.150. The summed E-state index contributed by atoms with van der Waals surface area (Å²) >= 11 is 1.65. The minimum atomic E-state index is 0.683. The maximum atomic E-state index is 4.49. The quantitative estimate of drug-likeness (QED) is 0.566. The van der Waals surface area contributed by atoms with Gasteiger partial charge >= 0.3 is 0 Å². The van der Waals surface area contributed by atoms with Gasteiger partial charge in [-0.05, 0) is 36.6 Å². The van der Waals surface area contributed by atoms with Gasteiger partial charge in [-0.2, -0.15) is 0 Å². The Kier molecular flexibility index (Phi) is 4.15. The number of anilines is 1. The third-order valence-electron chi connectivity index (χ3n) is 4.23. The zero-order valence-electron chi connectivity index (χ0n) is 14.2. The van der Waals surface area contributed by atoms with E-state index in [-0.39, 0.29) is 0 Å². The molecule has 0 amide bonds. The lowest BCUT2D eigenvalue weighted by Gasteiger charge is -2.10. The Balaban J connectivity index is 1.76. The molecule has 0 aliphatic carbocycles. The van der Waals surface area contributed by atoms with Gasteiger partial charge in [0.1, 0.15) is 17.0 Å². The molecule has 5 heteroatoms. The molecule has 0 bridgehead atoms. The van der Waals surface area contributed by atoms with Crippen LogP contribution in [-0.4, -0.2) is 15.0 Å². The van der Waals surface area contributed by atoms with Crippen LogP contribution in [0.2, 0.25) is 0 Å². The van der Waals surface area contributed by atoms with Gasteiger partial charge in [0, 0.05) is 29.9 Å². The highest BCUT2D eigenvalue weighted by Gasteiger charge is 2.14. The first kappa shape index (κ1) is 15.7. The number of hydrogen-bond acceptors (Lipinski definition) is 5. The molecule has 3 heterocycles. The summed E-state index contributed by atoms with van der Waals surface area (Å²) in [5, 5.41) is 6.71. The Bertz CT molecular complexity index is 1020. The third kappa shape index (κ3) is 3.10. The number of rotatable bonds is 4. The summed E-state index contributed by atoms with van der Waals surface area (Å²) in [6.45, 7) is 4.95. The minimum absolute atomic E-state index is 0.683. The van der Waals surface area contributed by atoms with Crippen molar-refractivity contribution in [1.82, 2.24) is 15.0 Å². The van der Waals surface area contributed by atoms with Gasteiger partial charge in [-0.1, -0.05) is 29.8 Å². The van der Waals surface area contributed by atoms with Crippen LogP contribution in [0.3, 0.4) is 0 Å². The monoisotopic (exact) mass is 346 g/mol. The highest BCUT2D eigenvalue weighted by Crippen LogP contribution is 2.38. The molecule has 25 heavy (non-hydrogen) atoms. The van der Waals surface area contributed by atoms with Crippen molar-refractivity contribution in [2.45, 2.75) is 20.4 Å². The van der Waals surface area contributed by atoms with Gasteiger partial charge in [0.05, 0.1) is 5.39 Å². The van der Waals surface area contributed by atoms with E-state index in [1.807, 2.05) is 12.3 Å². The second-order valence-corrected chi connectivity index (χ2v) is 6.94. The molecule has 0 saturated carbocycles. The summed E-state index contributed by atoms with van der Waals surface area (Å²) < 4.78 is 0. The van der Waals surface area contributed by atoms with Crippen LogP contribution < -0.4 is 5.32 Å². The van der Waals surface area contributed by atoms with Gasteiger partial charge in [-0.15, -0.1) is 11.3 Å². The zero-order valence-corrected chi connectivity index (χ0v) is 15.0. The summed E-state index contributed by atoms with van der Waals surface area (Å²) in [6, 6.07) is 10.5. The predicted molar refractivity (Wildman–Crippen MR) is 104 cm³/mol. The number of pyridine rings is 1. The summed E-state index contributed by atoms with van der Waals surface area (Å²) in [5.41, 5.74) is 6.08. The lowest BCUT2D eigenvalue weighted by molar-refractivity contribution is 1.08. The Labute approximate surface area is 150 Å². The summed E-state index contributed by atoms with van der Waals surface area (Å²) in [7, 11) is 0. The van der Waals surface area contributed by atoms with Gasteiger partial charge in [-0.3, -0.25) is 4.98 Å². The molecule has 3 aromatic heterocycles. The van der Waals surface area contributed by atoms with Crippen LogP contribution in [0.25, 0.3) is 21.3 Å². The van der Waals surface area contributed by atoms with Crippen molar-refractivity contribution in [2.24, 2.45) is 0 Å². The Morgan fingerprint density at radius 1 is 1.08 bits per heavy atom. The molecule has 0 fully saturated rings. The molecule has 0 radical (unpaired) electrons. The first-order valence-electron chi connectivity index (χ1n) is 8.15. The molecule has 1 aromatic carbocycles. The fourth-order valence-electron chi connectivity index (χ4n) is 3.01. The highest BCUT2D eigenvalue weighted by molar-refractivity contribution is 7.17. The van der Waals surface area contributed by atoms with E-state index in [0.717, 1.165) is 21.6 Å². The molecule has 0 unspecified atom stereocenters. The molecule has 1 N–H and O–H groups in total. The Morgan fingerprint density at radius 2 is 2.00 bits per heavy atom. The van der Waals surface area contributed by atoms with Crippen LogP contribution in [0, 0.1) is 13.8 Å². The minimum Gasteiger partial charge on any atom is -0.365 e. The molecule has 0 aliphatic heterocycles. The third-order valence-corrected chi connectivity index (χ3v) is 5.11. The second kappa shape index (κ2) is 6.61. The molecule has 0 spiro atoms. The van der Waals surface area contributed by atoms with Crippen LogP contribution in [-0.2, 0) is 6.54 Å². The molecule has 4 aromatic rings. The average Bonchev–Trinajstić information content (AvgIpc) is 3.05. The first-order chi connectivity index (χ1) is 12.2. The van der Waals surface area contributed by atoms with Crippen LogP contribution >= 0.6 is 11.3 Å². The molecule has 0 atom stereocenters. The van der Waals surface area contributed by atoms with E-state index < -0.39 is 0 Å². The lowest BCUT2D eigenvalue weighted by Crippen LogP contribution is -2.02. The number of benzene rings is 1. The van der Waals surface area contributed by atoms with Gasteiger partial charge in [0.2, 0.25) is 0 Å². The topological polar surface area (TPSA) is 50.7 Å². The van der Waals surface area contributed by atoms with E-state index in [0.29, 0.717) is 6.54 Å². The summed E-state index contributed by atoms with van der Waals surface area (Å²) in [5.74, 6) is 0.866. The van der Waals surface area contributed by atoms with E-state index in [2.05, 4.69) is 63.8 Å². The summed E-state index contributed by atoms with van der Waals surface area (Å²) in [6.07, 6.45) is 5.27. The van der Waals surface area contributed by atoms with Gasteiger partial charge in [-0.25, -0.2) is 9.97 Å². The molecule has 0 aliphatic rings. The number of thiophene rings is 1. The predicted octanol–water partition coefficient (Wildman–Crippen LogP) is 4.98. The van der Waals surface area contributed by atoms with Crippen molar-refractivity contribution in [3.63, 3.8) is 0 Å². The Hall–Kier alpha value is -2.79. The molecular formula is C20H18N4S. The summed E-state index contributed by atoms with van der Waals surface area (Å²) in [4.78, 5) is 14.1. The zero-order chi connectivity index (χ0) is 17.2. The highest BCUT2D eigenvalue weighted by atomic mass is 32.1. The van der Waals surface area contributed by atoms with Gasteiger partial charge < -0.3 is 5.32 Å². The van der Waals surface area contributed by atoms with Crippen molar-refractivity contribution < 1.29 is 0 Å². The maximum absolute atomic E-state index is 4.49. The maximum Gasteiger partial charge on any atom is 0.139 e. The van der Waals surface area contributed by atoms with E-state index in [1.165, 1.54) is 22.3 Å². The van der Waals surface area contributed by atoms with Gasteiger partial charge in [0.25, 0.3) is 0 Å². The lowest BCUT2D eigenvalue weighted by atomic mass is 9.99. The normalized spacial score (nSPS) is 11.0. The van der Waals surface area contributed by atoms with E-state index >= 15 is 0 Å². The van der Waals surface area contributed by atoms with E-state index in [4.69, 9.17) is 0 Å². The standard InChI is InChI=1S/C20H18N4S/c1-13-5-6-16(14(2)8-13)17-11-25-20-18(17)19(23-12-24-20)22-10-15-4-3-7-21-9-15/h3-9,11-12H,10H2,1-2H3,(H,22,23,24). The Morgan fingerprint density at radius 3 is 2.80 bits per heavy atom.